The third kappa shape index (κ3) is 2.91. The Morgan fingerprint density at radius 2 is 1.96 bits per heavy atom. The summed E-state index contributed by atoms with van der Waals surface area (Å²) in [5, 5.41) is 7.65. The molecule has 0 bridgehead atoms. The molecule has 1 aliphatic heterocycles. The first-order valence-corrected chi connectivity index (χ1v) is 8.95. The third-order valence-electron chi connectivity index (χ3n) is 5.34. The van der Waals surface area contributed by atoms with E-state index in [1.165, 1.54) is 6.33 Å². The zero-order chi connectivity index (χ0) is 19.1. The predicted molar refractivity (Wildman–Crippen MR) is 101 cm³/mol. The molecule has 1 aromatic heterocycles. The van der Waals surface area contributed by atoms with Crippen LogP contribution in [0.1, 0.15) is 51.9 Å². The maximum absolute atomic E-state index is 15.0. The molecule has 2 aromatic carbocycles. The fraction of sp³-hybridized carbons (Fsp3) is 0.286. The van der Waals surface area contributed by atoms with E-state index in [-0.39, 0.29) is 5.91 Å². The summed E-state index contributed by atoms with van der Waals surface area (Å²) in [6.45, 7) is 4.38. The number of hydrogen-bond donors (Lipinski definition) is 0. The summed E-state index contributed by atoms with van der Waals surface area (Å²) in [5.41, 5.74) is 4.52. The van der Waals surface area contributed by atoms with Crippen molar-refractivity contribution in [2.24, 2.45) is 7.05 Å². The molecule has 2 atom stereocenters. The maximum Gasteiger partial charge on any atom is 0.258 e. The summed E-state index contributed by atoms with van der Waals surface area (Å²) in [6.07, 6.45) is 0.217. The van der Waals surface area contributed by atoms with Gasteiger partial charge in [0.1, 0.15) is 6.33 Å². The van der Waals surface area contributed by atoms with E-state index in [2.05, 4.69) is 10.2 Å². The van der Waals surface area contributed by atoms with Crippen molar-refractivity contribution in [3.8, 4) is 0 Å². The molecule has 6 heteroatoms. The van der Waals surface area contributed by atoms with E-state index in [0.717, 1.165) is 27.9 Å². The van der Waals surface area contributed by atoms with Gasteiger partial charge in [-0.25, -0.2) is 4.39 Å². The Bertz CT molecular complexity index is 1010. The molecule has 27 heavy (non-hydrogen) atoms. The lowest BCUT2D eigenvalue weighted by Crippen LogP contribution is -2.23. The van der Waals surface area contributed by atoms with Gasteiger partial charge in [0, 0.05) is 24.2 Å². The van der Waals surface area contributed by atoms with Gasteiger partial charge in [-0.3, -0.25) is 4.79 Å². The Hall–Kier alpha value is -3.02. The van der Waals surface area contributed by atoms with E-state index in [4.69, 9.17) is 0 Å². The molecule has 5 nitrogen and oxygen atoms in total. The van der Waals surface area contributed by atoms with Crippen molar-refractivity contribution in [1.29, 1.82) is 0 Å². The number of nitrogens with zero attached hydrogens (tertiary/aromatic N) is 4. The fourth-order valence-electron chi connectivity index (χ4n) is 3.61. The molecule has 3 aromatic rings. The second-order valence-electron chi connectivity index (χ2n) is 7.08. The lowest BCUT2D eigenvalue weighted by Gasteiger charge is -2.20. The van der Waals surface area contributed by atoms with Crippen LogP contribution >= 0.6 is 0 Å². The van der Waals surface area contributed by atoms with Gasteiger partial charge in [0.05, 0.1) is 6.54 Å². The zero-order valence-electron chi connectivity index (χ0n) is 15.6. The summed E-state index contributed by atoms with van der Waals surface area (Å²) in [7, 11) is 1.73. The van der Waals surface area contributed by atoms with E-state index in [1.54, 1.807) is 16.5 Å². The van der Waals surface area contributed by atoms with Gasteiger partial charge in [-0.05, 0) is 41.8 Å². The molecule has 1 amide bonds. The molecule has 0 saturated carbocycles. The van der Waals surface area contributed by atoms with Gasteiger partial charge < -0.3 is 9.47 Å². The number of carbonyl (C=O) groups is 1. The molecular formula is C21H21FN4O. The molecule has 0 fully saturated rings. The van der Waals surface area contributed by atoms with E-state index in [1.807, 2.05) is 56.3 Å². The Labute approximate surface area is 157 Å². The van der Waals surface area contributed by atoms with Gasteiger partial charge in [0.2, 0.25) is 0 Å². The minimum absolute atomic E-state index is 0.0106. The number of aromatic nitrogens is 3. The Balaban J connectivity index is 1.63. The largest absolute Gasteiger partial charge is 0.318 e. The number of benzene rings is 2. The Kier molecular flexibility index (Phi) is 4.26. The summed E-state index contributed by atoms with van der Waals surface area (Å²) < 4.78 is 16.5. The molecule has 4 rings (SSSR count). The predicted octanol–water partition coefficient (Wildman–Crippen LogP) is 4.10. The van der Waals surface area contributed by atoms with Gasteiger partial charge in [-0.15, -0.1) is 10.2 Å². The highest BCUT2D eigenvalue weighted by atomic mass is 19.1. The second kappa shape index (κ2) is 6.61. The van der Waals surface area contributed by atoms with Crippen molar-refractivity contribution >= 4 is 11.6 Å². The van der Waals surface area contributed by atoms with Crippen molar-refractivity contribution in [3.05, 3.63) is 76.9 Å². The van der Waals surface area contributed by atoms with E-state index >= 15 is 0 Å². The average molecular weight is 364 g/mol. The Morgan fingerprint density at radius 1 is 1.19 bits per heavy atom. The first-order chi connectivity index (χ1) is 13.0. The van der Waals surface area contributed by atoms with Crippen LogP contribution in [-0.4, -0.2) is 20.7 Å². The smallest absolute Gasteiger partial charge is 0.258 e. The van der Waals surface area contributed by atoms with Gasteiger partial charge in [-0.1, -0.05) is 31.2 Å². The molecule has 0 unspecified atom stereocenters. The molecule has 0 N–H and O–H groups in total. The molecule has 0 aliphatic carbocycles. The maximum atomic E-state index is 15.0. The van der Waals surface area contributed by atoms with Crippen molar-refractivity contribution in [1.82, 2.24) is 14.8 Å². The number of carbonyl (C=O) groups excluding carboxylic acids is 1. The molecular weight excluding hydrogens is 343 g/mol. The van der Waals surface area contributed by atoms with Crippen LogP contribution in [0.4, 0.5) is 10.1 Å². The van der Waals surface area contributed by atoms with Crippen molar-refractivity contribution < 1.29 is 9.18 Å². The first-order valence-electron chi connectivity index (χ1n) is 8.95. The summed E-state index contributed by atoms with van der Waals surface area (Å²) in [5.74, 6) is -0.119. The number of amides is 1. The van der Waals surface area contributed by atoms with Gasteiger partial charge in [0.15, 0.2) is 12.0 Å². The number of aryl methyl sites for hydroxylation is 2. The number of alkyl halides is 1. The molecule has 138 valence electrons. The van der Waals surface area contributed by atoms with Crippen LogP contribution in [0.5, 0.6) is 0 Å². The highest BCUT2D eigenvalue weighted by Gasteiger charge is 2.30. The number of anilines is 1. The van der Waals surface area contributed by atoms with Crippen LogP contribution in [0.3, 0.4) is 0 Å². The van der Waals surface area contributed by atoms with Crippen LogP contribution in [-0.2, 0) is 13.6 Å². The summed E-state index contributed by atoms with van der Waals surface area (Å²) in [6, 6.07) is 13.3. The van der Waals surface area contributed by atoms with Crippen molar-refractivity contribution in [2.45, 2.75) is 32.5 Å². The quantitative estimate of drug-likeness (QED) is 0.700. The number of rotatable bonds is 4. The first kappa shape index (κ1) is 17.4. The van der Waals surface area contributed by atoms with Crippen LogP contribution in [0.15, 0.2) is 48.8 Å². The van der Waals surface area contributed by atoms with E-state index < -0.39 is 12.1 Å². The second-order valence-corrected chi connectivity index (χ2v) is 7.08. The monoisotopic (exact) mass is 364 g/mol. The average Bonchev–Trinajstić information content (AvgIpc) is 3.25. The number of fused-ring (bicyclic) bond motifs is 1. The van der Waals surface area contributed by atoms with Crippen molar-refractivity contribution in [3.63, 3.8) is 0 Å². The summed E-state index contributed by atoms with van der Waals surface area (Å²) >= 11 is 0. The number of hydrogen-bond acceptors (Lipinski definition) is 3. The lowest BCUT2D eigenvalue weighted by molar-refractivity contribution is 0.0996. The highest BCUT2D eigenvalue weighted by molar-refractivity contribution is 6.10. The molecule has 2 heterocycles. The topological polar surface area (TPSA) is 51.0 Å². The van der Waals surface area contributed by atoms with Gasteiger partial charge in [-0.2, -0.15) is 0 Å². The third-order valence-corrected chi connectivity index (χ3v) is 5.34. The summed E-state index contributed by atoms with van der Waals surface area (Å²) in [4.78, 5) is 14.6. The normalized spacial score (nSPS) is 15.7. The van der Waals surface area contributed by atoms with Crippen LogP contribution in [0, 0.1) is 6.92 Å². The van der Waals surface area contributed by atoms with Gasteiger partial charge in [0.25, 0.3) is 5.91 Å². The van der Waals surface area contributed by atoms with E-state index in [0.29, 0.717) is 12.4 Å². The molecule has 0 spiro atoms. The number of halogens is 1. The minimum atomic E-state index is -1.28. The minimum Gasteiger partial charge on any atom is -0.318 e. The highest BCUT2D eigenvalue weighted by Crippen LogP contribution is 2.36. The zero-order valence-corrected chi connectivity index (χ0v) is 15.6. The molecule has 0 saturated heterocycles. The molecule has 0 radical (unpaired) electrons. The van der Waals surface area contributed by atoms with Crippen LogP contribution in [0.25, 0.3) is 0 Å². The molecule has 1 aliphatic rings. The van der Waals surface area contributed by atoms with E-state index in [9.17, 15) is 9.18 Å². The Morgan fingerprint density at radius 3 is 2.67 bits per heavy atom. The standard InChI is InChI=1S/C21H21FN4O/c1-13-6-4-9-17-18(13)11-26(21(17)27)16-8-5-7-15(10-16)14(2)19(22)20-24-23-12-25(20)3/h4-10,12,14,19H,11H2,1-3H3/t14-,19-/m0/s1. The lowest BCUT2D eigenvalue weighted by atomic mass is 9.95. The van der Waals surface area contributed by atoms with Gasteiger partial charge >= 0.3 is 0 Å². The SMILES string of the molecule is Cc1cccc2c1CN(c1cccc([C@H](C)[C@H](F)c3nncn3C)c1)C2=O. The van der Waals surface area contributed by atoms with Crippen molar-refractivity contribution in [2.75, 3.05) is 4.90 Å². The fourth-order valence-corrected chi connectivity index (χ4v) is 3.61. The van der Waals surface area contributed by atoms with Crippen LogP contribution in [0.2, 0.25) is 0 Å². The van der Waals surface area contributed by atoms with Crippen LogP contribution < -0.4 is 4.90 Å².